The predicted octanol–water partition coefficient (Wildman–Crippen LogP) is 3.85. The van der Waals surface area contributed by atoms with Gasteiger partial charge in [0.1, 0.15) is 18.2 Å². The van der Waals surface area contributed by atoms with Gasteiger partial charge in [0, 0.05) is 12.6 Å². The first-order chi connectivity index (χ1) is 14.8. The molecule has 1 N–H and O–H groups in total. The molecule has 0 aliphatic carbocycles. The van der Waals surface area contributed by atoms with Crippen molar-refractivity contribution in [1.82, 2.24) is 5.32 Å². The van der Waals surface area contributed by atoms with Gasteiger partial charge in [-0.1, -0.05) is 36.4 Å². The van der Waals surface area contributed by atoms with Crippen molar-refractivity contribution < 1.29 is 22.3 Å². The fraction of sp³-hybridized carbons (Fsp3) is 0.174. The molecule has 3 aromatic carbocycles. The van der Waals surface area contributed by atoms with Crippen molar-refractivity contribution in [3.05, 3.63) is 90.2 Å². The van der Waals surface area contributed by atoms with Crippen LogP contribution < -0.4 is 14.4 Å². The number of rotatable bonds is 8. The van der Waals surface area contributed by atoms with E-state index in [0.717, 1.165) is 4.31 Å². The molecule has 0 heterocycles. The first-order valence-corrected chi connectivity index (χ1v) is 11.1. The SMILES string of the molecule is C[C@@H](COc1ccccc1)NC(=O)c1cccc(S(=O)(=O)N(C)c2ccccc2F)c1. The summed E-state index contributed by atoms with van der Waals surface area (Å²) in [5.74, 6) is -0.405. The molecule has 8 heteroatoms. The van der Waals surface area contributed by atoms with Gasteiger partial charge in [0.2, 0.25) is 0 Å². The Balaban J connectivity index is 1.71. The quantitative estimate of drug-likeness (QED) is 0.575. The van der Waals surface area contributed by atoms with Crippen LogP contribution >= 0.6 is 0 Å². The van der Waals surface area contributed by atoms with Crippen molar-refractivity contribution in [1.29, 1.82) is 0 Å². The largest absolute Gasteiger partial charge is 0.491 e. The van der Waals surface area contributed by atoms with Crippen molar-refractivity contribution in [3.63, 3.8) is 0 Å². The molecule has 0 aliphatic rings. The van der Waals surface area contributed by atoms with Gasteiger partial charge in [0.05, 0.1) is 16.6 Å². The van der Waals surface area contributed by atoms with Crippen LogP contribution in [0.4, 0.5) is 10.1 Å². The fourth-order valence-corrected chi connectivity index (χ4v) is 4.13. The van der Waals surface area contributed by atoms with Crippen LogP contribution in [0, 0.1) is 5.82 Å². The van der Waals surface area contributed by atoms with Gasteiger partial charge in [-0.3, -0.25) is 9.10 Å². The van der Waals surface area contributed by atoms with Gasteiger partial charge in [-0.2, -0.15) is 0 Å². The molecule has 0 saturated heterocycles. The number of halogens is 1. The molecule has 0 saturated carbocycles. The van der Waals surface area contributed by atoms with Crippen molar-refractivity contribution in [3.8, 4) is 5.75 Å². The van der Waals surface area contributed by atoms with Crippen LogP contribution in [0.3, 0.4) is 0 Å². The number of ether oxygens (including phenoxy) is 1. The van der Waals surface area contributed by atoms with E-state index in [9.17, 15) is 17.6 Å². The number of nitrogens with zero attached hydrogens (tertiary/aromatic N) is 1. The maximum Gasteiger partial charge on any atom is 0.264 e. The number of benzene rings is 3. The van der Waals surface area contributed by atoms with Gasteiger partial charge in [-0.15, -0.1) is 0 Å². The number of carbonyl (C=O) groups is 1. The number of anilines is 1. The van der Waals surface area contributed by atoms with Gasteiger partial charge in [-0.25, -0.2) is 12.8 Å². The van der Waals surface area contributed by atoms with E-state index in [1.165, 1.54) is 49.5 Å². The van der Waals surface area contributed by atoms with Gasteiger partial charge >= 0.3 is 0 Å². The van der Waals surface area contributed by atoms with Crippen molar-refractivity contribution in [2.45, 2.75) is 17.9 Å². The van der Waals surface area contributed by atoms with Crippen LogP contribution in [0.25, 0.3) is 0 Å². The van der Waals surface area contributed by atoms with Gasteiger partial charge in [0.15, 0.2) is 0 Å². The summed E-state index contributed by atoms with van der Waals surface area (Å²) in [5, 5.41) is 2.78. The average Bonchev–Trinajstić information content (AvgIpc) is 2.78. The monoisotopic (exact) mass is 442 g/mol. The lowest BCUT2D eigenvalue weighted by Crippen LogP contribution is -2.37. The van der Waals surface area contributed by atoms with Crippen molar-refractivity contribution >= 4 is 21.6 Å². The van der Waals surface area contributed by atoms with E-state index in [4.69, 9.17) is 4.74 Å². The van der Waals surface area contributed by atoms with E-state index in [-0.39, 0.29) is 28.8 Å². The number of para-hydroxylation sites is 2. The third kappa shape index (κ3) is 5.40. The van der Waals surface area contributed by atoms with Crippen LogP contribution in [0.15, 0.2) is 83.8 Å². The van der Waals surface area contributed by atoms with Gasteiger partial charge in [0.25, 0.3) is 15.9 Å². The highest BCUT2D eigenvalue weighted by Crippen LogP contribution is 2.25. The molecule has 0 aliphatic heterocycles. The number of hydrogen-bond donors (Lipinski definition) is 1. The second-order valence-corrected chi connectivity index (χ2v) is 8.92. The van der Waals surface area contributed by atoms with Crippen LogP contribution in [0.5, 0.6) is 5.75 Å². The molecule has 0 fully saturated rings. The lowest BCUT2D eigenvalue weighted by Gasteiger charge is -2.20. The third-order valence-corrected chi connectivity index (χ3v) is 6.33. The first-order valence-electron chi connectivity index (χ1n) is 9.61. The smallest absolute Gasteiger partial charge is 0.264 e. The van der Waals surface area contributed by atoms with E-state index in [1.54, 1.807) is 13.0 Å². The van der Waals surface area contributed by atoms with Crippen LogP contribution in [-0.2, 0) is 10.0 Å². The Morgan fingerprint density at radius 3 is 2.42 bits per heavy atom. The molecular weight excluding hydrogens is 419 g/mol. The van der Waals surface area contributed by atoms with Crippen LogP contribution in [-0.4, -0.2) is 34.0 Å². The molecule has 0 radical (unpaired) electrons. The molecule has 0 spiro atoms. The zero-order valence-corrected chi connectivity index (χ0v) is 18.0. The number of amides is 1. The summed E-state index contributed by atoms with van der Waals surface area (Å²) in [7, 11) is -2.79. The highest BCUT2D eigenvalue weighted by Gasteiger charge is 2.24. The fourth-order valence-electron chi connectivity index (χ4n) is 2.88. The standard InChI is InChI=1S/C23H23FN2O4S/c1-17(16-30-19-10-4-3-5-11-19)25-23(27)18-9-8-12-20(15-18)31(28,29)26(2)22-14-7-6-13-21(22)24/h3-15,17H,16H2,1-2H3,(H,25,27)/t17-/m0/s1. The van der Waals surface area contributed by atoms with E-state index in [1.807, 2.05) is 30.3 Å². The number of hydrogen-bond acceptors (Lipinski definition) is 4. The second kappa shape index (κ2) is 9.61. The Bertz CT molecular complexity index is 1150. The number of carbonyl (C=O) groups excluding carboxylic acids is 1. The summed E-state index contributed by atoms with van der Waals surface area (Å²) in [4.78, 5) is 12.5. The Kier molecular flexibility index (Phi) is 6.91. The summed E-state index contributed by atoms with van der Waals surface area (Å²) in [6.07, 6.45) is 0. The molecule has 1 atom stereocenters. The lowest BCUT2D eigenvalue weighted by molar-refractivity contribution is 0.0926. The minimum Gasteiger partial charge on any atom is -0.491 e. The number of nitrogens with one attached hydrogen (secondary N) is 1. The van der Waals surface area contributed by atoms with E-state index < -0.39 is 21.7 Å². The molecule has 3 rings (SSSR count). The zero-order valence-electron chi connectivity index (χ0n) is 17.2. The van der Waals surface area contributed by atoms with E-state index >= 15 is 0 Å². The molecule has 1 amide bonds. The maximum atomic E-state index is 14.1. The maximum absolute atomic E-state index is 14.1. The summed E-state index contributed by atoms with van der Waals surface area (Å²) in [6, 6.07) is 20.1. The molecule has 0 bridgehead atoms. The van der Waals surface area contributed by atoms with Gasteiger partial charge < -0.3 is 10.1 Å². The molecule has 0 aromatic heterocycles. The third-order valence-electron chi connectivity index (χ3n) is 4.57. The van der Waals surface area contributed by atoms with Crippen LogP contribution in [0.2, 0.25) is 0 Å². The highest BCUT2D eigenvalue weighted by molar-refractivity contribution is 7.92. The molecule has 0 unspecified atom stereocenters. The summed E-state index contributed by atoms with van der Waals surface area (Å²) >= 11 is 0. The average molecular weight is 443 g/mol. The summed E-state index contributed by atoms with van der Waals surface area (Å²) in [6.45, 7) is 2.04. The van der Waals surface area contributed by atoms with Crippen molar-refractivity contribution in [2.75, 3.05) is 18.0 Å². The molecular formula is C23H23FN2O4S. The second-order valence-electron chi connectivity index (χ2n) is 6.95. The Morgan fingerprint density at radius 1 is 1.03 bits per heavy atom. The Labute approximate surface area is 181 Å². The topological polar surface area (TPSA) is 75.7 Å². The highest BCUT2D eigenvalue weighted by atomic mass is 32.2. The number of sulfonamides is 1. The molecule has 31 heavy (non-hydrogen) atoms. The minimum absolute atomic E-state index is 0.0796. The first kappa shape index (κ1) is 22.3. The van der Waals surface area contributed by atoms with Gasteiger partial charge in [-0.05, 0) is 49.4 Å². The van der Waals surface area contributed by atoms with E-state index in [2.05, 4.69) is 5.32 Å². The Hall–Kier alpha value is -3.39. The Morgan fingerprint density at radius 2 is 1.71 bits per heavy atom. The zero-order chi connectivity index (χ0) is 22.4. The molecule has 6 nitrogen and oxygen atoms in total. The minimum atomic E-state index is -4.06. The molecule has 3 aromatic rings. The summed E-state index contributed by atoms with van der Waals surface area (Å²) in [5.41, 5.74) is 0.0959. The lowest BCUT2D eigenvalue weighted by atomic mass is 10.2. The molecule has 162 valence electrons. The van der Waals surface area contributed by atoms with Crippen LogP contribution in [0.1, 0.15) is 17.3 Å². The van der Waals surface area contributed by atoms with E-state index in [0.29, 0.717) is 5.75 Å². The van der Waals surface area contributed by atoms with Crippen molar-refractivity contribution in [2.24, 2.45) is 0 Å². The normalized spacial score (nSPS) is 12.1. The predicted molar refractivity (Wildman–Crippen MR) is 117 cm³/mol. The summed E-state index contributed by atoms with van der Waals surface area (Å²) < 4.78 is 46.4.